The van der Waals surface area contributed by atoms with Gasteiger partial charge in [-0.3, -0.25) is 19.5 Å². The number of hydrogen-bond acceptors (Lipinski definition) is 5. The number of benzene rings is 2. The van der Waals surface area contributed by atoms with Gasteiger partial charge in [0.25, 0.3) is 5.91 Å². The summed E-state index contributed by atoms with van der Waals surface area (Å²) in [5, 5.41) is 0.421. The molecule has 0 N–H and O–H groups in total. The molecule has 188 valence electrons. The van der Waals surface area contributed by atoms with Gasteiger partial charge >= 0.3 is 0 Å². The minimum Gasteiger partial charge on any atom is -0.497 e. The molecule has 3 aromatic rings. The summed E-state index contributed by atoms with van der Waals surface area (Å²) in [4.78, 5) is 36.4. The molecule has 0 atom stereocenters. The number of methoxy groups -OCH3 is 1. The molecular weight excluding hydrogens is 476 g/mol. The molecule has 7 nitrogen and oxygen atoms in total. The first-order chi connectivity index (χ1) is 17.5. The van der Waals surface area contributed by atoms with Crippen LogP contribution in [0.4, 0.5) is 11.4 Å². The van der Waals surface area contributed by atoms with Crippen LogP contribution in [0.3, 0.4) is 0 Å². The number of carbonyl (C=O) groups excluding carboxylic acids is 2. The Kier molecular flexibility index (Phi) is 8.44. The quantitative estimate of drug-likeness (QED) is 0.440. The van der Waals surface area contributed by atoms with Crippen molar-refractivity contribution in [2.45, 2.75) is 12.8 Å². The third-order valence-electron chi connectivity index (χ3n) is 6.62. The van der Waals surface area contributed by atoms with Gasteiger partial charge in [0.1, 0.15) is 12.3 Å². The van der Waals surface area contributed by atoms with Crippen LogP contribution in [0.15, 0.2) is 73.1 Å². The normalized spacial score (nSPS) is 13.8. The van der Waals surface area contributed by atoms with Crippen molar-refractivity contribution in [1.82, 2.24) is 9.88 Å². The number of pyridine rings is 1. The van der Waals surface area contributed by atoms with E-state index in [0.29, 0.717) is 41.0 Å². The first-order valence-electron chi connectivity index (χ1n) is 12.1. The molecule has 0 spiro atoms. The van der Waals surface area contributed by atoms with Crippen molar-refractivity contribution < 1.29 is 14.3 Å². The van der Waals surface area contributed by atoms with Crippen LogP contribution in [-0.2, 0) is 4.79 Å². The Bertz CT molecular complexity index is 1160. The Morgan fingerprint density at radius 2 is 1.69 bits per heavy atom. The zero-order valence-corrected chi connectivity index (χ0v) is 21.4. The maximum absolute atomic E-state index is 13.5. The Morgan fingerprint density at radius 3 is 2.33 bits per heavy atom. The van der Waals surface area contributed by atoms with Crippen LogP contribution in [0.5, 0.6) is 5.75 Å². The molecule has 36 heavy (non-hydrogen) atoms. The number of hydrogen-bond donors (Lipinski definition) is 0. The van der Waals surface area contributed by atoms with Crippen molar-refractivity contribution in [1.29, 1.82) is 0 Å². The number of likely N-dealkylation sites (tertiary alicyclic amines) is 1. The van der Waals surface area contributed by atoms with Crippen LogP contribution in [0, 0.1) is 5.92 Å². The summed E-state index contributed by atoms with van der Waals surface area (Å²) in [5.41, 5.74) is 2.11. The van der Waals surface area contributed by atoms with Crippen molar-refractivity contribution >= 4 is 34.8 Å². The lowest BCUT2D eigenvalue weighted by Crippen LogP contribution is -2.47. The molecule has 0 unspecified atom stereocenters. The van der Waals surface area contributed by atoms with Gasteiger partial charge in [-0.1, -0.05) is 23.7 Å². The molecular formula is C28H31ClN4O3. The van der Waals surface area contributed by atoms with Gasteiger partial charge in [0.2, 0.25) is 5.91 Å². The number of piperidine rings is 1. The van der Waals surface area contributed by atoms with Crippen LogP contribution in [0.25, 0.3) is 0 Å². The summed E-state index contributed by atoms with van der Waals surface area (Å²) in [6.45, 7) is 2.19. The zero-order valence-electron chi connectivity index (χ0n) is 20.6. The van der Waals surface area contributed by atoms with Crippen molar-refractivity contribution in [3.63, 3.8) is 0 Å². The highest BCUT2D eigenvalue weighted by Gasteiger charge is 2.28. The topological polar surface area (TPSA) is 66.0 Å². The van der Waals surface area contributed by atoms with Gasteiger partial charge in [-0.2, -0.15) is 0 Å². The maximum atomic E-state index is 13.5. The second-order valence-electron chi connectivity index (χ2n) is 8.98. The van der Waals surface area contributed by atoms with E-state index in [4.69, 9.17) is 16.3 Å². The van der Waals surface area contributed by atoms with E-state index in [0.717, 1.165) is 25.1 Å². The maximum Gasteiger partial charge on any atom is 0.258 e. The van der Waals surface area contributed by atoms with Crippen LogP contribution < -0.4 is 14.5 Å². The van der Waals surface area contributed by atoms with E-state index in [1.54, 1.807) is 62.0 Å². The summed E-state index contributed by atoms with van der Waals surface area (Å²) in [5.74, 6) is 0.780. The number of para-hydroxylation sites is 1. The average molecular weight is 507 g/mol. The van der Waals surface area contributed by atoms with Gasteiger partial charge in [0.15, 0.2) is 0 Å². The highest BCUT2D eigenvalue weighted by atomic mass is 35.5. The van der Waals surface area contributed by atoms with Gasteiger partial charge in [-0.05, 0) is 67.3 Å². The fraction of sp³-hybridized carbons (Fsp3) is 0.321. The van der Waals surface area contributed by atoms with Crippen LogP contribution in [0.2, 0.25) is 5.02 Å². The lowest BCUT2D eigenvalue weighted by Gasteiger charge is -2.35. The molecule has 0 radical (unpaired) electrons. The first-order valence-corrected chi connectivity index (χ1v) is 12.4. The molecule has 8 heteroatoms. The van der Waals surface area contributed by atoms with Gasteiger partial charge in [0.05, 0.1) is 17.8 Å². The lowest BCUT2D eigenvalue weighted by molar-refractivity contribution is -0.131. The monoisotopic (exact) mass is 506 g/mol. The van der Waals surface area contributed by atoms with Gasteiger partial charge in [0, 0.05) is 50.3 Å². The predicted octanol–water partition coefficient (Wildman–Crippen LogP) is 4.77. The molecule has 0 saturated carbocycles. The molecule has 1 aliphatic rings. The van der Waals surface area contributed by atoms with E-state index in [-0.39, 0.29) is 18.4 Å². The van der Waals surface area contributed by atoms with Gasteiger partial charge < -0.3 is 14.5 Å². The summed E-state index contributed by atoms with van der Waals surface area (Å²) in [6, 6.07) is 18.0. The van der Waals surface area contributed by atoms with E-state index in [2.05, 4.69) is 16.9 Å². The summed E-state index contributed by atoms with van der Waals surface area (Å²) >= 11 is 6.44. The van der Waals surface area contributed by atoms with Crippen molar-refractivity contribution in [2.75, 3.05) is 50.1 Å². The standard InChI is InChI=1S/C28H31ClN4O3/c1-31(23-11-15-30-16-12-23)19-21-13-17-32(18-14-21)27(34)20-33(26-6-4-3-5-25(26)29)28(35)22-7-9-24(36-2)10-8-22/h3-12,15-16,21H,13-14,17-20H2,1-2H3. The molecule has 1 aromatic heterocycles. The summed E-state index contributed by atoms with van der Waals surface area (Å²) in [6.07, 6.45) is 5.43. The molecule has 2 heterocycles. The van der Waals surface area contributed by atoms with E-state index in [1.807, 2.05) is 23.1 Å². The van der Waals surface area contributed by atoms with Crippen molar-refractivity contribution in [3.8, 4) is 5.75 Å². The Morgan fingerprint density at radius 1 is 1.03 bits per heavy atom. The van der Waals surface area contributed by atoms with Crippen molar-refractivity contribution in [2.24, 2.45) is 5.92 Å². The van der Waals surface area contributed by atoms with E-state index >= 15 is 0 Å². The molecule has 1 saturated heterocycles. The second-order valence-corrected chi connectivity index (χ2v) is 9.39. The number of anilines is 2. The van der Waals surface area contributed by atoms with E-state index < -0.39 is 0 Å². The number of carbonyl (C=O) groups is 2. The average Bonchev–Trinajstić information content (AvgIpc) is 2.92. The molecule has 4 rings (SSSR count). The second kappa shape index (κ2) is 11.9. The molecule has 1 fully saturated rings. The number of amides is 2. The molecule has 2 amide bonds. The fourth-order valence-corrected chi connectivity index (χ4v) is 4.76. The molecule has 0 aliphatic carbocycles. The Labute approximate surface area is 217 Å². The number of aromatic nitrogens is 1. The van der Waals surface area contributed by atoms with Crippen molar-refractivity contribution in [3.05, 3.63) is 83.6 Å². The van der Waals surface area contributed by atoms with Gasteiger partial charge in [-0.15, -0.1) is 0 Å². The van der Waals surface area contributed by atoms with E-state index in [1.165, 1.54) is 4.90 Å². The highest BCUT2D eigenvalue weighted by molar-refractivity contribution is 6.34. The SMILES string of the molecule is COc1ccc(C(=O)N(CC(=O)N2CCC(CN(C)c3ccncc3)CC2)c2ccccc2Cl)cc1. The molecule has 2 aromatic carbocycles. The van der Waals surface area contributed by atoms with E-state index in [9.17, 15) is 9.59 Å². The predicted molar refractivity (Wildman–Crippen MR) is 143 cm³/mol. The van der Waals surface area contributed by atoms with Gasteiger partial charge in [-0.25, -0.2) is 0 Å². The molecule has 0 bridgehead atoms. The minimum atomic E-state index is -0.284. The number of rotatable bonds is 8. The minimum absolute atomic E-state index is 0.0732. The number of nitrogens with zero attached hydrogens (tertiary/aromatic N) is 4. The zero-order chi connectivity index (χ0) is 25.5. The summed E-state index contributed by atoms with van der Waals surface area (Å²) in [7, 11) is 3.66. The number of ether oxygens (including phenoxy) is 1. The third-order valence-corrected chi connectivity index (χ3v) is 6.94. The highest BCUT2D eigenvalue weighted by Crippen LogP contribution is 2.28. The first kappa shape index (κ1) is 25.5. The number of halogens is 1. The smallest absolute Gasteiger partial charge is 0.258 e. The third kappa shape index (κ3) is 6.15. The largest absolute Gasteiger partial charge is 0.497 e. The van der Waals surface area contributed by atoms with Crippen LogP contribution in [0.1, 0.15) is 23.2 Å². The molecule has 1 aliphatic heterocycles. The summed E-state index contributed by atoms with van der Waals surface area (Å²) < 4.78 is 5.20. The van der Waals surface area contributed by atoms with Crippen LogP contribution >= 0.6 is 11.6 Å². The Balaban J connectivity index is 1.42. The van der Waals surface area contributed by atoms with Crippen LogP contribution in [-0.4, -0.2) is 62.0 Å². The Hall–Kier alpha value is -3.58. The lowest BCUT2D eigenvalue weighted by atomic mass is 9.96. The fourth-order valence-electron chi connectivity index (χ4n) is 4.52.